The average molecular weight is 257 g/mol. The first-order valence-corrected chi connectivity index (χ1v) is 6.07. The van der Waals surface area contributed by atoms with Crippen molar-refractivity contribution in [1.82, 2.24) is 0 Å². The maximum atomic E-state index is 11.0. The van der Waals surface area contributed by atoms with Crippen molar-refractivity contribution in [3.05, 3.63) is 14.7 Å². The third-order valence-corrected chi connectivity index (χ3v) is 4.57. The molecule has 0 amide bonds. The summed E-state index contributed by atoms with van der Waals surface area (Å²) in [6.45, 7) is 1.76. The van der Waals surface area contributed by atoms with Crippen molar-refractivity contribution in [2.75, 3.05) is 0 Å². The molecule has 1 rings (SSSR count). The fraction of sp³-hybridized carbons (Fsp3) is 0.200. The molecule has 0 saturated heterocycles. The van der Waals surface area contributed by atoms with E-state index in [-0.39, 0.29) is 0 Å². The summed E-state index contributed by atoms with van der Waals surface area (Å²) in [5.41, 5.74) is 0. The molecule has 0 aliphatic carbocycles. The topological polar surface area (TPSA) is 61.8 Å². The van der Waals surface area contributed by atoms with E-state index in [0.717, 1.165) is 4.88 Å². The van der Waals surface area contributed by atoms with Crippen LogP contribution in [0, 0.1) is 6.92 Å². The minimum Gasteiger partial charge on any atom is -0.248 e. The minimum absolute atomic E-state index is 0.308. The Hall–Kier alpha value is 0.0900. The number of halogens is 1. The molecule has 1 heterocycles. The number of thiophene rings is 1. The van der Waals surface area contributed by atoms with Crippen LogP contribution in [0.5, 0.6) is 0 Å². The van der Waals surface area contributed by atoms with Crippen LogP contribution >= 0.6 is 27.3 Å². The van der Waals surface area contributed by atoms with Crippen LogP contribution in [0.25, 0.3) is 0 Å². The third-order valence-electron chi connectivity index (χ3n) is 1.19. The number of quaternary nitrogens is 1. The second-order valence-corrected chi connectivity index (χ2v) is 5.66. The molecular weight excluding hydrogens is 250 g/mol. The van der Waals surface area contributed by atoms with Gasteiger partial charge in [0.1, 0.15) is 4.90 Å². The smallest absolute Gasteiger partial charge is 0.248 e. The lowest BCUT2D eigenvalue weighted by atomic mass is 10.5. The van der Waals surface area contributed by atoms with Gasteiger partial charge in [-0.05, 0) is 22.9 Å². The third kappa shape index (κ3) is 1.81. The monoisotopic (exact) mass is 256 g/mol. The van der Waals surface area contributed by atoms with Crippen molar-refractivity contribution >= 4 is 37.3 Å². The summed E-state index contributed by atoms with van der Waals surface area (Å²) in [5, 5.41) is 4.83. The number of sulfonamides is 1. The molecule has 1 aromatic rings. The molecule has 1 aromatic heterocycles. The van der Waals surface area contributed by atoms with Gasteiger partial charge in [-0.3, -0.25) is 0 Å². The predicted octanol–water partition coefficient (Wildman–Crippen LogP) is 0.750. The van der Waals surface area contributed by atoms with E-state index in [9.17, 15) is 8.42 Å². The quantitative estimate of drug-likeness (QED) is 0.807. The molecule has 0 fully saturated rings. The summed E-state index contributed by atoms with van der Waals surface area (Å²) in [5.74, 6) is 0. The Morgan fingerprint density at radius 3 is 2.36 bits per heavy atom. The van der Waals surface area contributed by atoms with Gasteiger partial charge >= 0.3 is 10.0 Å². The SMILES string of the molecule is Cc1scc(Br)c1S([NH3+])(=O)=O. The lowest BCUT2D eigenvalue weighted by Gasteiger charge is -1.92. The summed E-state index contributed by atoms with van der Waals surface area (Å²) in [7, 11) is -3.31. The van der Waals surface area contributed by atoms with Crippen molar-refractivity contribution in [1.29, 1.82) is 0 Å². The average Bonchev–Trinajstić information content (AvgIpc) is 2.08. The van der Waals surface area contributed by atoms with Gasteiger partial charge in [-0.1, -0.05) is 0 Å². The standard InChI is InChI=1S/C5H6BrNO2S2/c1-3-5(11(7,8)9)4(6)2-10-3/h2H,1H3,(H2,7,8,9)/p+1. The Balaban J connectivity index is 3.45. The molecule has 0 radical (unpaired) electrons. The van der Waals surface area contributed by atoms with Crippen LogP contribution in [-0.4, -0.2) is 8.42 Å². The van der Waals surface area contributed by atoms with Gasteiger partial charge in [0, 0.05) is 10.3 Å². The summed E-state index contributed by atoms with van der Waals surface area (Å²) < 4.78 is 22.6. The van der Waals surface area contributed by atoms with Gasteiger partial charge in [0.05, 0.1) is 4.47 Å². The van der Waals surface area contributed by atoms with Crippen LogP contribution < -0.4 is 5.14 Å². The van der Waals surface area contributed by atoms with E-state index < -0.39 is 10.0 Å². The van der Waals surface area contributed by atoms with E-state index in [4.69, 9.17) is 0 Å². The lowest BCUT2D eigenvalue weighted by Crippen LogP contribution is -2.56. The molecule has 11 heavy (non-hydrogen) atoms. The Morgan fingerprint density at radius 1 is 1.64 bits per heavy atom. The van der Waals surface area contributed by atoms with E-state index >= 15 is 0 Å². The molecule has 0 aliphatic rings. The molecule has 6 heteroatoms. The molecule has 0 unspecified atom stereocenters. The molecule has 3 N–H and O–H groups in total. The Kier molecular flexibility index (Phi) is 2.38. The van der Waals surface area contributed by atoms with E-state index in [1.165, 1.54) is 11.3 Å². The first kappa shape index (κ1) is 9.18. The molecule has 0 aliphatic heterocycles. The molecule has 0 bridgehead atoms. The zero-order chi connectivity index (χ0) is 8.65. The maximum Gasteiger partial charge on any atom is 0.324 e. The van der Waals surface area contributed by atoms with Gasteiger partial charge < -0.3 is 0 Å². The number of hydrogen-bond donors (Lipinski definition) is 1. The van der Waals surface area contributed by atoms with Crippen LogP contribution in [-0.2, 0) is 10.0 Å². The number of aryl methyl sites for hydroxylation is 1. The van der Waals surface area contributed by atoms with Gasteiger partial charge in [-0.2, -0.15) is 8.42 Å². The van der Waals surface area contributed by atoms with E-state index in [1.54, 1.807) is 12.3 Å². The molecular formula is C5H7BrNO2S2+. The Bertz CT molecular complexity index is 348. The first-order chi connectivity index (χ1) is 4.93. The van der Waals surface area contributed by atoms with Gasteiger partial charge in [-0.25, -0.2) is 5.14 Å². The van der Waals surface area contributed by atoms with Crippen molar-refractivity contribution in [3.63, 3.8) is 0 Å². The van der Waals surface area contributed by atoms with Crippen molar-refractivity contribution < 1.29 is 13.6 Å². The minimum atomic E-state index is -3.31. The fourth-order valence-corrected chi connectivity index (χ4v) is 4.24. The molecule has 0 atom stereocenters. The molecule has 3 nitrogen and oxygen atoms in total. The van der Waals surface area contributed by atoms with Crippen LogP contribution in [0.3, 0.4) is 0 Å². The van der Waals surface area contributed by atoms with Gasteiger partial charge in [-0.15, -0.1) is 11.3 Å². The Morgan fingerprint density at radius 2 is 2.18 bits per heavy atom. The highest BCUT2D eigenvalue weighted by molar-refractivity contribution is 9.10. The zero-order valence-electron chi connectivity index (χ0n) is 5.80. The summed E-state index contributed by atoms with van der Waals surface area (Å²) >= 11 is 4.54. The highest BCUT2D eigenvalue weighted by Gasteiger charge is 2.20. The van der Waals surface area contributed by atoms with Crippen LogP contribution in [0.2, 0.25) is 0 Å². The predicted molar refractivity (Wildman–Crippen MR) is 46.8 cm³/mol. The highest BCUT2D eigenvalue weighted by atomic mass is 79.9. The maximum absolute atomic E-state index is 11.0. The molecule has 0 aromatic carbocycles. The molecule has 0 saturated carbocycles. The molecule has 0 spiro atoms. The summed E-state index contributed by atoms with van der Waals surface area (Å²) in [6, 6.07) is 0. The van der Waals surface area contributed by atoms with Crippen molar-refractivity contribution in [2.24, 2.45) is 0 Å². The second-order valence-electron chi connectivity index (χ2n) is 2.08. The Labute approximate surface area is 77.4 Å². The van der Waals surface area contributed by atoms with Crippen molar-refractivity contribution in [2.45, 2.75) is 11.8 Å². The lowest BCUT2D eigenvalue weighted by molar-refractivity contribution is -0.165. The first-order valence-electron chi connectivity index (χ1n) is 2.74. The van der Waals surface area contributed by atoms with Crippen LogP contribution in [0.1, 0.15) is 4.88 Å². The van der Waals surface area contributed by atoms with Crippen LogP contribution in [0.15, 0.2) is 14.7 Å². The summed E-state index contributed by atoms with van der Waals surface area (Å²) in [6.07, 6.45) is 0. The van der Waals surface area contributed by atoms with Gasteiger partial charge in [0.25, 0.3) is 0 Å². The van der Waals surface area contributed by atoms with Crippen LogP contribution in [0.4, 0.5) is 0 Å². The van der Waals surface area contributed by atoms with Gasteiger partial charge in [0.15, 0.2) is 0 Å². The second kappa shape index (κ2) is 2.85. The molecule has 62 valence electrons. The largest absolute Gasteiger partial charge is 0.324 e. The van der Waals surface area contributed by atoms with E-state index in [0.29, 0.717) is 9.37 Å². The zero-order valence-corrected chi connectivity index (χ0v) is 9.01. The highest BCUT2D eigenvalue weighted by Crippen LogP contribution is 2.29. The van der Waals surface area contributed by atoms with E-state index in [1.807, 2.05) is 0 Å². The van der Waals surface area contributed by atoms with Crippen molar-refractivity contribution in [3.8, 4) is 0 Å². The van der Waals surface area contributed by atoms with E-state index in [2.05, 4.69) is 21.1 Å². The number of hydrogen-bond acceptors (Lipinski definition) is 3. The van der Waals surface area contributed by atoms with Gasteiger partial charge in [0.2, 0.25) is 0 Å². The fourth-order valence-electron chi connectivity index (χ4n) is 0.783. The number of rotatable bonds is 1. The summed E-state index contributed by atoms with van der Waals surface area (Å²) in [4.78, 5) is 1.08. The normalized spacial score (nSPS) is 11.9.